The summed E-state index contributed by atoms with van der Waals surface area (Å²) in [4.78, 5) is 2.44. The molecule has 0 radical (unpaired) electrons. The molecule has 0 spiro atoms. The SMILES string of the molecule is CC.CC.CN1CCC2CC1c1ccccc1O2. The summed E-state index contributed by atoms with van der Waals surface area (Å²) in [6, 6.07) is 9.02. The summed E-state index contributed by atoms with van der Waals surface area (Å²) in [5.41, 5.74) is 1.37. The number of benzene rings is 1. The number of fused-ring (bicyclic) bond motifs is 4. The molecule has 2 heteroatoms. The lowest BCUT2D eigenvalue weighted by Gasteiger charge is -2.42. The first-order valence-electron chi connectivity index (χ1n) is 7.30. The molecule has 2 aliphatic rings. The smallest absolute Gasteiger partial charge is 0.124 e. The lowest BCUT2D eigenvalue weighted by Crippen LogP contribution is -2.41. The minimum atomic E-state index is 0.450. The summed E-state index contributed by atoms with van der Waals surface area (Å²) in [5, 5.41) is 0. The topological polar surface area (TPSA) is 12.5 Å². The fourth-order valence-corrected chi connectivity index (χ4v) is 2.56. The fourth-order valence-electron chi connectivity index (χ4n) is 2.56. The Morgan fingerprint density at radius 2 is 1.78 bits per heavy atom. The van der Waals surface area contributed by atoms with Gasteiger partial charge in [0.15, 0.2) is 0 Å². The van der Waals surface area contributed by atoms with Gasteiger partial charge in [-0.3, -0.25) is 4.90 Å². The monoisotopic (exact) mass is 249 g/mol. The zero-order valence-electron chi connectivity index (χ0n) is 12.4. The number of nitrogens with zero attached hydrogens (tertiary/aromatic N) is 1. The van der Waals surface area contributed by atoms with Gasteiger partial charge in [0.2, 0.25) is 0 Å². The largest absolute Gasteiger partial charge is 0.490 e. The van der Waals surface area contributed by atoms with E-state index in [0.717, 1.165) is 18.7 Å². The Morgan fingerprint density at radius 1 is 1.11 bits per heavy atom. The van der Waals surface area contributed by atoms with Crippen molar-refractivity contribution in [1.29, 1.82) is 0 Å². The molecule has 0 N–H and O–H groups in total. The molecule has 2 bridgehead atoms. The summed E-state index contributed by atoms with van der Waals surface area (Å²) in [6.45, 7) is 9.16. The Labute approximate surface area is 112 Å². The standard InChI is InChI=1S/C12H15NO.2C2H6/c1-13-7-6-9-8-11(13)10-4-2-3-5-12(10)14-9;2*1-2/h2-5,9,11H,6-8H2,1H3;2*1-2H3. The van der Waals surface area contributed by atoms with Gasteiger partial charge < -0.3 is 4.74 Å². The second-order valence-corrected chi connectivity index (χ2v) is 4.30. The van der Waals surface area contributed by atoms with Crippen molar-refractivity contribution in [3.05, 3.63) is 29.8 Å². The van der Waals surface area contributed by atoms with Crippen LogP contribution in [0.4, 0.5) is 0 Å². The van der Waals surface area contributed by atoms with Crippen LogP contribution in [0.25, 0.3) is 0 Å². The molecule has 1 fully saturated rings. The summed E-state index contributed by atoms with van der Waals surface area (Å²) in [7, 11) is 2.21. The maximum atomic E-state index is 5.92. The molecule has 0 aromatic heterocycles. The normalized spacial score (nSPS) is 24.5. The Balaban J connectivity index is 0.000000371. The van der Waals surface area contributed by atoms with Gasteiger partial charge in [0, 0.05) is 24.6 Å². The molecule has 1 aromatic rings. The van der Waals surface area contributed by atoms with E-state index in [9.17, 15) is 0 Å². The number of hydrogen-bond donors (Lipinski definition) is 0. The highest BCUT2D eigenvalue weighted by molar-refractivity contribution is 5.38. The number of hydrogen-bond acceptors (Lipinski definition) is 2. The van der Waals surface area contributed by atoms with Crippen LogP contribution in [-0.4, -0.2) is 24.6 Å². The Morgan fingerprint density at radius 3 is 2.50 bits per heavy atom. The predicted octanol–water partition coefficient (Wildman–Crippen LogP) is 4.27. The number of rotatable bonds is 0. The molecular formula is C16H27NO. The van der Waals surface area contributed by atoms with Crippen LogP contribution in [0.3, 0.4) is 0 Å². The van der Waals surface area contributed by atoms with Gasteiger partial charge in [-0.2, -0.15) is 0 Å². The molecule has 18 heavy (non-hydrogen) atoms. The molecular weight excluding hydrogens is 222 g/mol. The first-order valence-corrected chi connectivity index (χ1v) is 7.30. The maximum absolute atomic E-state index is 5.92. The van der Waals surface area contributed by atoms with E-state index in [1.807, 2.05) is 27.7 Å². The molecule has 2 atom stereocenters. The van der Waals surface area contributed by atoms with Crippen LogP contribution in [0.5, 0.6) is 5.75 Å². The highest BCUT2D eigenvalue weighted by Gasteiger charge is 2.34. The number of likely N-dealkylation sites (tertiary alicyclic amines) is 1. The molecule has 2 aliphatic heterocycles. The zero-order chi connectivity index (χ0) is 13.5. The molecule has 2 nitrogen and oxygen atoms in total. The highest BCUT2D eigenvalue weighted by Crippen LogP contribution is 2.41. The van der Waals surface area contributed by atoms with E-state index in [1.165, 1.54) is 12.0 Å². The Hall–Kier alpha value is -1.02. The van der Waals surface area contributed by atoms with Gasteiger partial charge in [-0.25, -0.2) is 0 Å². The third-order valence-electron chi connectivity index (χ3n) is 3.39. The van der Waals surface area contributed by atoms with Crippen molar-refractivity contribution in [2.45, 2.75) is 52.7 Å². The van der Waals surface area contributed by atoms with Crippen molar-refractivity contribution >= 4 is 0 Å². The maximum Gasteiger partial charge on any atom is 0.124 e. The first kappa shape index (κ1) is 15.0. The van der Waals surface area contributed by atoms with Crippen LogP contribution in [0.1, 0.15) is 52.1 Å². The van der Waals surface area contributed by atoms with Gasteiger partial charge in [0.25, 0.3) is 0 Å². The number of para-hydroxylation sites is 1. The van der Waals surface area contributed by atoms with Crippen molar-refractivity contribution < 1.29 is 4.74 Å². The molecule has 1 saturated heterocycles. The lowest BCUT2D eigenvalue weighted by molar-refractivity contribution is 0.0468. The van der Waals surface area contributed by atoms with Gasteiger partial charge in [0.1, 0.15) is 11.9 Å². The summed E-state index contributed by atoms with van der Waals surface area (Å²) in [5.74, 6) is 1.10. The van der Waals surface area contributed by atoms with Crippen molar-refractivity contribution in [3.8, 4) is 5.75 Å². The fraction of sp³-hybridized carbons (Fsp3) is 0.625. The number of ether oxygens (including phenoxy) is 1. The van der Waals surface area contributed by atoms with E-state index in [2.05, 4.69) is 36.2 Å². The van der Waals surface area contributed by atoms with Gasteiger partial charge in [-0.05, 0) is 19.5 Å². The van der Waals surface area contributed by atoms with E-state index >= 15 is 0 Å². The van der Waals surface area contributed by atoms with E-state index < -0.39 is 0 Å². The Kier molecular flexibility index (Phi) is 6.20. The van der Waals surface area contributed by atoms with E-state index in [0.29, 0.717) is 12.1 Å². The van der Waals surface area contributed by atoms with Gasteiger partial charge in [-0.15, -0.1) is 0 Å². The molecule has 0 aliphatic carbocycles. The lowest BCUT2D eigenvalue weighted by atomic mass is 9.90. The third kappa shape index (κ3) is 3.05. The van der Waals surface area contributed by atoms with Crippen molar-refractivity contribution in [2.24, 2.45) is 0 Å². The quantitative estimate of drug-likeness (QED) is 0.681. The van der Waals surface area contributed by atoms with E-state index in [4.69, 9.17) is 4.74 Å². The average Bonchev–Trinajstić information content (AvgIpc) is 2.47. The van der Waals surface area contributed by atoms with Gasteiger partial charge in [0.05, 0.1) is 0 Å². The highest BCUT2D eigenvalue weighted by atomic mass is 16.5. The van der Waals surface area contributed by atoms with Crippen LogP contribution in [0, 0.1) is 0 Å². The van der Waals surface area contributed by atoms with Crippen LogP contribution in [0.15, 0.2) is 24.3 Å². The van der Waals surface area contributed by atoms with Crippen LogP contribution in [0.2, 0.25) is 0 Å². The predicted molar refractivity (Wildman–Crippen MR) is 78.2 cm³/mol. The van der Waals surface area contributed by atoms with Crippen molar-refractivity contribution in [1.82, 2.24) is 4.90 Å². The van der Waals surface area contributed by atoms with Crippen molar-refractivity contribution in [2.75, 3.05) is 13.6 Å². The van der Waals surface area contributed by atoms with E-state index in [1.54, 1.807) is 0 Å². The number of piperidine rings is 1. The van der Waals surface area contributed by atoms with E-state index in [-0.39, 0.29) is 0 Å². The summed E-state index contributed by atoms with van der Waals surface area (Å²) >= 11 is 0. The molecule has 3 rings (SSSR count). The Bertz CT molecular complexity index is 351. The second kappa shape index (κ2) is 7.42. The molecule has 0 amide bonds. The minimum absolute atomic E-state index is 0.450. The van der Waals surface area contributed by atoms with Gasteiger partial charge >= 0.3 is 0 Å². The summed E-state index contributed by atoms with van der Waals surface area (Å²) in [6.07, 6.45) is 2.78. The molecule has 0 saturated carbocycles. The van der Waals surface area contributed by atoms with Crippen molar-refractivity contribution in [3.63, 3.8) is 0 Å². The second-order valence-electron chi connectivity index (χ2n) is 4.30. The average molecular weight is 249 g/mol. The van der Waals surface area contributed by atoms with Crippen LogP contribution >= 0.6 is 0 Å². The third-order valence-corrected chi connectivity index (χ3v) is 3.39. The minimum Gasteiger partial charge on any atom is -0.490 e. The summed E-state index contributed by atoms with van der Waals surface area (Å²) < 4.78 is 5.92. The first-order chi connectivity index (χ1) is 8.84. The van der Waals surface area contributed by atoms with Crippen LogP contribution < -0.4 is 4.74 Å². The zero-order valence-corrected chi connectivity index (χ0v) is 12.4. The molecule has 2 unspecified atom stereocenters. The van der Waals surface area contributed by atoms with Gasteiger partial charge in [-0.1, -0.05) is 45.9 Å². The molecule has 2 heterocycles. The molecule has 102 valence electrons. The van der Waals surface area contributed by atoms with Crippen LogP contribution in [-0.2, 0) is 0 Å². The molecule has 1 aromatic carbocycles.